The van der Waals surface area contributed by atoms with E-state index in [1.165, 1.54) is 4.90 Å². The van der Waals surface area contributed by atoms with E-state index in [1.54, 1.807) is 43.3 Å². The van der Waals surface area contributed by atoms with Crippen molar-refractivity contribution in [1.82, 2.24) is 10.1 Å². The zero-order valence-electron chi connectivity index (χ0n) is 28.8. The maximum atomic E-state index is 12.9. The Morgan fingerprint density at radius 3 is 2.10 bits per heavy atom. The number of nitrogens with zero attached hydrogens (tertiary/aromatic N) is 3. The smallest absolute Gasteiger partial charge is 0.262 e. The van der Waals surface area contributed by atoms with Gasteiger partial charge in [0.1, 0.15) is 41.8 Å². The van der Waals surface area contributed by atoms with Crippen molar-refractivity contribution in [2.45, 2.75) is 70.1 Å². The molecule has 1 aromatic heterocycles. The second-order valence-corrected chi connectivity index (χ2v) is 14.0. The van der Waals surface area contributed by atoms with Gasteiger partial charge < -0.3 is 28.3 Å². The van der Waals surface area contributed by atoms with Gasteiger partial charge in [0.25, 0.3) is 11.8 Å². The van der Waals surface area contributed by atoms with Crippen LogP contribution in [0.5, 0.6) is 23.0 Å². The molecule has 1 aliphatic heterocycles. The molecular weight excluding hydrogens is 709 g/mol. The molecule has 2 amide bonds. The molecule has 3 aliphatic rings. The third-order valence-corrected chi connectivity index (χ3v) is 10.1. The lowest BCUT2D eigenvalue weighted by Gasteiger charge is -2.34. The van der Waals surface area contributed by atoms with E-state index in [-0.39, 0.29) is 29.9 Å². The molecule has 272 valence electrons. The molecular formula is C39H39Cl2N3O8. The van der Waals surface area contributed by atoms with Crippen LogP contribution in [0.4, 0.5) is 0 Å². The van der Waals surface area contributed by atoms with Gasteiger partial charge in [-0.2, -0.15) is 0 Å². The number of benzene rings is 3. The molecule has 11 nitrogen and oxygen atoms in total. The lowest BCUT2D eigenvalue weighted by Crippen LogP contribution is -2.34. The quantitative estimate of drug-likeness (QED) is 0.0480. The summed E-state index contributed by atoms with van der Waals surface area (Å²) in [6.07, 6.45) is 5.73. The molecule has 7 rings (SSSR count). The van der Waals surface area contributed by atoms with Crippen LogP contribution in [-0.4, -0.2) is 60.1 Å². The molecule has 2 aliphatic carbocycles. The number of rotatable bonds is 16. The fourth-order valence-electron chi connectivity index (χ4n) is 6.46. The van der Waals surface area contributed by atoms with Crippen molar-refractivity contribution >= 4 is 41.2 Å². The topological polar surface area (TPSA) is 122 Å². The number of oxime groups is 1. The molecule has 0 saturated heterocycles. The summed E-state index contributed by atoms with van der Waals surface area (Å²) in [5.41, 5.74) is 1.58. The molecule has 1 atom stereocenters. The number of imide groups is 1. The number of aromatic nitrogens is 1. The first-order valence-electron chi connectivity index (χ1n) is 17.5. The van der Waals surface area contributed by atoms with E-state index in [9.17, 15) is 9.59 Å². The number of halogens is 2. The SMILES string of the molecule is CCOc1ccc(OC2CC(/C=N/OCCCOc3ccc(OC4CC(c5cc([C@H](C)N6C(=O)c7ccccc7C6=O)on5)C4)c(Cl)c3)C2)c(Cl)c1. The zero-order chi connectivity index (χ0) is 36.2. The van der Waals surface area contributed by atoms with Crippen LogP contribution in [0.1, 0.15) is 90.1 Å². The Labute approximate surface area is 311 Å². The Morgan fingerprint density at radius 2 is 1.48 bits per heavy atom. The molecule has 13 heteroatoms. The fraction of sp³-hybridized carbons (Fsp3) is 0.385. The molecule has 4 aromatic rings. The molecule has 2 fully saturated rings. The summed E-state index contributed by atoms with van der Waals surface area (Å²) in [7, 11) is 0. The molecule has 2 saturated carbocycles. The third kappa shape index (κ3) is 7.85. The summed E-state index contributed by atoms with van der Waals surface area (Å²) in [6.45, 7) is 5.16. The van der Waals surface area contributed by atoms with Crippen molar-refractivity contribution in [1.29, 1.82) is 0 Å². The number of hydrogen-bond acceptors (Lipinski definition) is 10. The van der Waals surface area contributed by atoms with Crippen LogP contribution < -0.4 is 18.9 Å². The molecule has 0 N–H and O–H groups in total. The van der Waals surface area contributed by atoms with Crippen LogP contribution >= 0.6 is 23.2 Å². The Hall–Kier alpha value is -4.74. The minimum atomic E-state index is -0.578. The van der Waals surface area contributed by atoms with Crippen molar-refractivity contribution < 1.29 is 37.9 Å². The summed E-state index contributed by atoms with van der Waals surface area (Å²) in [5.74, 6) is 2.87. The fourth-order valence-corrected chi connectivity index (χ4v) is 6.89. The van der Waals surface area contributed by atoms with E-state index in [1.807, 2.05) is 43.5 Å². The average molecular weight is 749 g/mol. The van der Waals surface area contributed by atoms with Crippen molar-refractivity contribution in [3.63, 3.8) is 0 Å². The Bertz CT molecular complexity index is 1900. The summed E-state index contributed by atoms with van der Waals surface area (Å²) < 4.78 is 29.0. The van der Waals surface area contributed by atoms with E-state index in [2.05, 4.69) is 10.3 Å². The summed E-state index contributed by atoms with van der Waals surface area (Å²) >= 11 is 12.8. The van der Waals surface area contributed by atoms with Crippen molar-refractivity contribution in [2.24, 2.45) is 11.1 Å². The highest BCUT2D eigenvalue weighted by atomic mass is 35.5. The van der Waals surface area contributed by atoms with Crippen molar-refractivity contribution in [3.05, 3.63) is 99.4 Å². The second kappa shape index (κ2) is 15.9. The van der Waals surface area contributed by atoms with Gasteiger partial charge in [-0.15, -0.1) is 0 Å². The lowest BCUT2D eigenvalue weighted by atomic mass is 9.80. The van der Waals surface area contributed by atoms with E-state index in [4.69, 9.17) is 51.5 Å². The summed E-state index contributed by atoms with van der Waals surface area (Å²) in [5, 5.41) is 9.35. The molecule has 3 aromatic carbocycles. The summed E-state index contributed by atoms with van der Waals surface area (Å²) in [6, 6.07) is 18.9. The predicted octanol–water partition coefficient (Wildman–Crippen LogP) is 8.69. The van der Waals surface area contributed by atoms with Crippen LogP contribution in [-0.2, 0) is 4.84 Å². The van der Waals surface area contributed by atoms with Crippen LogP contribution in [0.3, 0.4) is 0 Å². The highest BCUT2D eigenvalue weighted by Crippen LogP contribution is 2.42. The van der Waals surface area contributed by atoms with Gasteiger partial charge in [0, 0.05) is 42.7 Å². The first-order chi connectivity index (χ1) is 25.3. The first kappa shape index (κ1) is 35.7. The van der Waals surface area contributed by atoms with Gasteiger partial charge in [-0.05, 0) is 75.9 Å². The first-order valence-corrected chi connectivity index (χ1v) is 18.3. The highest BCUT2D eigenvalue weighted by molar-refractivity contribution is 6.32. The van der Waals surface area contributed by atoms with Gasteiger partial charge in [0.05, 0.1) is 46.1 Å². The molecule has 0 spiro atoms. The number of carbonyl (C=O) groups excluding carboxylic acids is 2. The van der Waals surface area contributed by atoms with Crippen LogP contribution in [0.15, 0.2) is 76.4 Å². The minimum absolute atomic E-state index is 0.0316. The Morgan fingerprint density at radius 1 is 0.865 bits per heavy atom. The van der Waals surface area contributed by atoms with Crippen molar-refractivity contribution in [2.75, 3.05) is 19.8 Å². The normalized spacial score (nSPS) is 21.3. The minimum Gasteiger partial charge on any atom is -0.494 e. The lowest BCUT2D eigenvalue weighted by molar-refractivity contribution is 0.0572. The van der Waals surface area contributed by atoms with Gasteiger partial charge >= 0.3 is 0 Å². The van der Waals surface area contributed by atoms with Gasteiger partial charge in [-0.1, -0.05) is 45.6 Å². The predicted molar refractivity (Wildman–Crippen MR) is 194 cm³/mol. The standard InChI is InChI=1S/C39H39Cl2N3O8/c1-3-47-26-9-11-35(32(40)19-26)50-28-15-24(16-28)22-42-49-14-6-13-48-27-10-12-36(33(41)20-27)51-29-17-25(18-29)34-21-37(52-43-34)23(2)44-38(45)30-7-4-5-8-31(30)39(44)46/h4-5,7-12,19-25,28-29H,3,6,13-18H2,1-2H3/b42-22+/t23-,24?,25?,28?,29?/m0/s1. The Balaban J connectivity index is 0.774. The van der Waals surface area contributed by atoms with Gasteiger partial charge in [-0.25, -0.2) is 0 Å². The van der Waals surface area contributed by atoms with E-state index in [0.717, 1.165) is 37.1 Å². The zero-order valence-corrected chi connectivity index (χ0v) is 30.3. The van der Waals surface area contributed by atoms with Gasteiger partial charge in [0.2, 0.25) is 0 Å². The third-order valence-electron chi connectivity index (χ3n) is 9.52. The number of fused-ring (bicyclic) bond motifs is 1. The monoisotopic (exact) mass is 747 g/mol. The maximum Gasteiger partial charge on any atom is 0.262 e. The van der Waals surface area contributed by atoms with Gasteiger partial charge in [0.15, 0.2) is 5.76 Å². The number of carbonyl (C=O) groups is 2. The van der Waals surface area contributed by atoms with E-state index >= 15 is 0 Å². The molecule has 52 heavy (non-hydrogen) atoms. The molecule has 0 radical (unpaired) electrons. The molecule has 0 unspecified atom stereocenters. The van der Waals surface area contributed by atoms with Crippen LogP contribution in [0.2, 0.25) is 10.0 Å². The highest BCUT2D eigenvalue weighted by Gasteiger charge is 2.41. The molecule has 2 heterocycles. The van der Waals surface area contributed by atoms with E-state index in [0.29, 0.717) is 76.3 Å². The number of amides is 2. The average Bonchev–Trinajstić information content (AvgIpc) is 3.68. The van der Waals surface area contributed by atoms with Crippen molar-refractivity contribution in [3.8, 4) is 23.0 Å². The largest absolute Gasteiger partial charge is 0.494 e. The van der Waals surface area contributed by atoms with Crippen LogP contribution in [0, 0.1) is 5.92 Å². The second-order valence-electron chi connectivity index (χ2n) is 13.1. The van der Waals surface area contributed by atoms with Gasteiger partial charge in [-0.3, -0.25) is 14.5 Å². The Kier molecular flexibility index (Phi) is 10.9. The summed E-state index contributed by atoms with van der Waals surface area (Å²) in [4.78, 5) is 32.4. The number of ether oxygens (including phenoxy) is 4. The number of hydrogen-bond donors (Lipinski definition) is 0. The maximum absolute atomic E-state index is 12.9. The molecule has 0 bridgehead atoms. The van der Waals surface area contributed by atoms with E-state index < -0.39 is 6.04 Å². The van der Waals surface area contributed by atoms with Crippen LogP contribution in [0.25, 0.3) is 0 Å².